The van der Waals surface area contributed by atoms with Gasteiger partial charge in [0.1, 0.15) is 22.6 Å². The first-order valence-electron chi connectivity index (χ1n) is 12.2. The monoisotopic (exact) mass is 534 g/mol. The number of esters is 1. The van der Waals surface area contributed by atoms with Gasteiger partial charge in [-0.25, -0.2) is 9.78 Å². The summed E-state index contributed by atoms with van der Waals surface area (Å²) in [5.74, 6) is -1.76. The predicted octanol–water partition coefficient (Wildman–Crippen LogP) is 2.30. The molecule has 2 amide bonds. The number of aliphatic hydroxyl groups excluding tert-OH is 1. The fourth-order valence-corrected chi connectivity index (χ4v) is 3.91. The Kier molecular flexibility index (Phi) is 7.52. The number of aromatic nitrogens is 2. The molecule has 1 aliphatic heterocycles. The standard InChI is InChI=1S/C27H30N6O6/c1-26(2,38)24(37)33-32-22(35)18-13-28-25(31-21(18)30-20(14-34)15-8-6-5-7-9-15)29-16-10-11-17-19(12-16)27(3,4)39-23(17)36/h5-13,20,34,38H,14H2,1-4H3,(H,32,35)(H,33,37)(H2,28,29,30,31). The molecule has 204 valence electrons. The van der Waals surface area contributed by atoms with Crippen molar-refractivity contribution in [3.05, 3.63) is 77.0 Å². The van der Waals surface area contributed by atoms with Gasteiger partial charge >= 0.3 is 5.97 Å². The average Bonchev–Trinajstić information content (AvgIpc) is 3.12. The summed E-state index contributed by atoms with van der Waals surface area (Å²) in [7, 11) is 0. The summed E-state index contributed by atoms with van der Waals surface area (Å²) in [6, 6.07) is 13.6. The Hall–Kier alpha value is -4.55. The lowest BCUT2D eigenvalue weighted by molar-refractivity contribution is -0.137. The molecule has 0 radical (unpaired) electrons. The second-order valence-corrected chi connectivity index (χ2v) is 10.00. The molecule has 4 rings (SSSR count). The highest BCUT2D eigenvalue weighted by atomic mass is 16.6. The number of hydrogen-bond acceptors (Lipinski definition) is 10. The number of hydrazine groups is 1. The summed E-state index contributed by atoms with van der Waals surface area (Å²) < 4.78 is 5.42. The van der Waals surface area contributed by atoms with E-state index >= 15 is 0 Å². The van der Waals surface area contributed by atoms with Crippen molar-refractivity contribution in [1.29, 1.82) is 0 Å². The summed E-state index contributed by atoms with van der Waals surface area (Å²) in [6.07, 6.45) is 1.26. The fourth-order valence-electron chi connectivity index (χ4n) is 3.91. The van der Waals surface area contributed by atoms with Gasteiger partial charge < -0.3 is 25.6 Å². The van der Waals surface area contributed by atoms with Crippen LogP contribution in [-0.2, 0) is 15.1 Å². The van der Waals surface area contributed by atoms with Crippen LogP contribution in [0.2, 0.25) is 0 Å². The molecule has 0 bridgehead atoms. The molecule has 0 aliphatic carbocycles. The maximum absolute atomic E-state index is 12.9. The second kappa shape index (κ2) is 10.7. The van der Waals surface area contributed by atoms with E-state index in [1.54, 1.807) is 32.0 Å². The molecular weight excluding hydrogens is 504 g/mol. The van der Waals surface area contributed by atoms with Gasteiger partial charge in [-0.1, -0.05) is 30.3 Å². The van der Waals surface area contributed by atoms with E-state index in [0.717, 1.165) is 5.56 Å². The minimum atomic E-state index is -1.71. The van der Waals surface area contributed by atoms with Gasteiger partial charge in [0.05, 0.1) is 18.2 Å². The molecule has 12 heteroatoms. The summed E-state index contributed by atoms with van der Waals surface area (Å²) in [5.41, 5.74) is 4.38. The van der Waals surface area contributed by atoms with Crippen LogP contribution in [0, 0.1) is 0 Å². The number of carbonyl (C=O) groups excluding carboxylic acids is 3. The molecule has 0 spiro atoms. The molecule has 3 aromatic rings. The average molecular weight is 535 g/mol. The first-order chi connectivity index (χ1) is 18.4. The largest absolute Gasteiger partial charge is 0.451 e. The highest BCUT2D eigenvalue weighted by molar-refractivity contribution is 6.00. The molecule has 1 atom stereocenters. The summed E-state index contributed by atoms with van der Waals surface area (Å²) >= 11 is 0. The third-order valence-electron chi connectivity index (χ3n) is 6.07. The Morgan fingerprint density at radius 1 is 1.10 bits per heavy atom. The van der Waals surface area contributed by atoms with Crippen LogP contribution < -0.4 is 21.5 Å². The van der Waals surface area contributed by atoms with Crippen molar-refractivity contribution in [3.8, 4) is 0 Å². The van der Waals surface area contributed by atoms with Crippen LogP contribution in [-0.4, -0.2) is 50.2 Å². The highest BCUT2D eigenvalue weighted by Crippen LogP contribution is 2.37. The minimum Gasteiger partial charge on any atom is -0.451 e. The van der Waals surface area contributed by atoms with E-state index in [-0.39, 0.29) is 23.9 Å². The van der Waals surface area contributed by atoms with Crippen LogP contribution in [0.25, 0.3) is 0 Å². The zero-order valence-electron chi connectivity index (χ0n) is 21.9. The zero-order valence-corrected chi connectivity index (χ0v) is 21.9. The molecule has 1 aromatic heterocycles. The Labute approximate surface area is 224 Å². The quantitative estimate of drug-likeness (QED) is 0.186. The maximum atomic E-state index is 12.9. The van der Waals surface area contributed by atoms with Crippen LogP contribution in [0.3, 0.4) is 0 Å². The van der Waals surface area contributed by atoms with Gasteiger partial charge in [-0.05, 0) is 51.5 Å². The second-order valence-electron chi connectivity index (χ2n) is 10.00. The van der Waals surface area contributed by atoms with E-state index in [1.807, 2.05) is 30.3 Å². The SMILES string of the molecule is CC(C)(O)C(=O)NNC(=O)c1cnc(Nc2ccc3c(c2)C(C)(C)OC3=O)nc1NC(CO)c1ccccc1. The van der Waals surface area contributed by atoms with Gasteiger partial charge in [0.2, 0.25) is 5.95 Å². The van der Waals surface area contributed by atoms with Gasteiger partial charge in [-0.2, -0.15) is 4.98 Å². The number of nitrogens with zero attached hydrogens (tertiary/aromatic N) is 2. The van der Waals surface area contributed by atoms with Crippen molar-refractivity contribution in [1.82, 2.24) is 20.8 Å². The van der Waals surface area contributed by atoms with Gasteiger partial charge in [0.25, 0.3) is 11.8 Å². The van der Waals surface area contributed by atoms with Crippen molar-refractivity contribution in [3.63, 3.8) is 0 Å². The van der Waals surface area contributed by atoms with Gasteiger partial charge in [0.15, 0.2) is 0 Å². The molecular formula is C27H30N6O6. The number of ether oxygens (including phenoxy) is 1. The van der Waals surface area contributed by atoms with E-state index in [0.29, 0.717) is 16.8 Å². The summed E-state index contributed by atoms with van der Waals surface area (Å²) in [5, 5.41) is 26.0. The van der Waals surface area contributed by atoms with Crippen molar-refractivity contribution in [2.24, 2.45) is 0 Å². The van der Waals surface area contributed by atoms with E-state index in [9.17, 15) is 24.6 Å². The van der Waals surface area contributed by atoms with Crippen molar-refractivity contribution < 1.29 is 29.3 Å². The molecule has 39 heavy (non-hydrogen) atoms. The highest BCUT2D eigenvalue weighted by Gasteiger charge is 2.37. The zero-order chi connectivity index (χ0) is 28.4. The Morgan fingerprint density at radius 2 is 1.82 bits per heavy atom. The van der Waals surface area contributed by atoms with Crippen LogP contribution in [0.4, 0.5) is 17.5 Å². The van der Waals surface area contributed by atoms with Crippen LogP contribution in [0.15, 0.2) is 54.7 Å². The molecule has 6 N–H and O–H groups in total. The number of hydrogen-bond donors (Lipinski definition) is 6. The minimum absolute atomic E-state index is 0.0277. The number of cyclic esters (lactones) is 1. The number of rotatable bonds is 8. The Bertz CT molecular complexity index is 1400. The molecule has 2 heterocycles. The van der Waals surface area contributed by atoms with Gasteiger partial charge in [0, 0.05) is 17.4 Å². The van der Waals surface area contributed by atoms with Crippen molar-refractivity contribution in [2.45, 2.75) is 44.9 Å². The normalized spacial score (nSPS) is 14.6. The van der Waals surface area contributed by atoms with Gasteiger partial charge in [-0.15, -0.1) is 0 Å². The first kappa shape index (κ1) is 27.5. The van der Waals surface area contributed by atoms with Crippen molar-refractivity contribution in [2.75, 3.05) is 17.2 Å². The molecule has 0 saturated heterocycles. The summed E-state index contributed by atoms with van der Waals surface area (Å²) in [4.78, 5) is 45.8. The Morgan fingerprint density at radius 3 is 2.49 bits per heavy atom. The number of anilines is 3. The van der Waals surface area contributed by atoms with Crippen LogP contribution in [0.5, 0.6) is 0 Å². The predicted molar refractivity (Wildman–Crippen MR) is 142 cm³/mol. The Balaban J connectivity index is 1.64. The van der Waals surface area contributed by atoms with E-state index in [2.05, 4.69) is 31.5 Å². The number of carbonyl (C=O) groups is 3. The van der Waals surface area contributed by atoms with E-state index in [4.69, 9.17) is 4.74 Å². The van der Waals surface area contributed by atoms with Crippen LogP contribution >= 0.6 is 0 Å². The fraction of sp³-hybridized carbons (Fsp3) is 0.296. The third kappa shape index (κ3) is 6.13. The lowest BCUT2D eigenvalue weighted by atomic mass is 9.95. The molecule has 1 aliphatic rings. The molecule has 2 aromatic carbocycles. The smallest absolute Gasteiger partial charge is 0.339 e. The molecule has 12 nitrogen and oxygen atoms in total. The number of aliphatic hydroxyl groups is 2. The number of benzene rings is 2. The lowest BCUT2D eigenvalue weighted by Crippen LogP contribution is -2.50. The number of nitrogens with one attached hydrogen (secondary N) is 4. The number of fused-ring (bicyclic) bond motifs is 1. The third-order valence-corrected chi connectivity index (χ3v) is 6.07. The first-order valence-corrected chi connectivity index (χ1v) is 12.2. The topological polar surface area (TPSA) is 175 Å². The lowest BCUT2D eigenvalue weighted by Gasteiger charge is -2.21. The molecule has 0 fully saturated rings. The maximum Gasteiger partial charge on any atom is 0.339 e. The molecule has 0 saturated carbocycles. The van der Waals surface area contributed by atoms with Gasteiger partial charge in [-0.3, -0.25) is 20.4 Å². The van der Waals surface area contributed by atoms with E-state index in [1.165, 1.54) is 20.0 Å². The molecule has 1 unspecified atom stereocenters. The van der Waals surface area contributed by atoms with Crippen molar-refractivity contribution >= 4 is 35.2 Å². The van der Waals surface area contributed by atoms with E-state index < -0.39 is 35.0 Å². The number of amides is 2. The van der Waals surface area contributed by atoms with Crippen LogP contribution in [0.1, 0.15) is 65.6 Å². The summed E-state index contributed by atoms with van der Waals surface area (Å²) in [6.45, 7) is 5.84.